The minimum Gasteiger partial charge on any atom is -1.00 e. The van der Waals surface area contributed by atoms with Crippen molar-refractivity contribution in [2.75, 3.05) is 19.9 Å². The number of rotatable bonds is 0. The molecule has 38 valence electrons. The molecule has 0 atom stereocenters. The zero-order valence-corrected chi connectivity index (χ0v) is 4.24. The van der Waals surface area contributed by atoms with E-state index in [9.17, 15) is 0 Å². The van der Waals surface area contributed by atoms with Crippen LogP contribution < -0.4 is 17.7 Å². The molecule has 0 aromatic carbocycles. The van der Waals surface area contributed by atoms with Gasteiger partial charge in [0.05, 0.1) is 0 Å². The van der Waals surface area contributed by atoms with E-state index < -0.39 is 0 Å². The lowest BCUT2D eigenvalue weighted by Crippen LogP contribution is -3.00. The first-order valence-electron chi connectivity index (χ1n) is 1.89. The predicted molar refractivity (Wildman–Crippen MR) is 17.6 cm³/mol. The van der Waals surface area contributed by atoms with Crippen LogP contribution in [0.2, 0.25) is 0 Å². The second-order valence-electron chi connectivity index (χ2n) is 1.15. The van der Waals surface area contributed by atoms with Gasteiger partial charge in [0.1, 0.15) is 13.2 Å². The third kappa shape index (κ3) is 1.60. The van der Waals surface area contributed by atoms with E-state index in [0.29, 0.717) is 0 Å². The molecule has 1 aliphatic rings. The Labute approximate surface area is 43.3 Å². The molecule has 1 aliphatic heterocycles. The van der Waals surface area contributed by atoms with Crippen molar-refractivity contribution in [3.8, 4) is 0 Å². The fourth-order valence-electron chi connectivity index (χ4n) is 0.417. The van der Waals surface area contributed by atoms with E-state index in [4.69, 9.17) is 4.74 Å². The average molecular weight is 110 g/mol. The van der Waals surface area contributed by atoms with Crippen LogP contribution in [-0.2, 0) is 4.74 Å². The van der Waals surface area contributed by atoms with E-state index in [-0.39, 0.29) is 12.4 Å². The minimum absolute atomic E-state index is 0. The van der Waals surface area contributed by atoms with Gasteiger partial charge in [0.15, 0.2) is 6.73 Å². The Balaban J connectivity index is 0.000000250. The SMILES string of the molecule is C1COC[NH2+]1.[Cl-]. The van der Waals surface area contributed by atoms with Crippen molar-refractivity contribution in [1.82, 2.24) is 0 Å². The Morgan fingerprint density at radius 2 is 2.33 bits per heavy atom. The predicted octanol–water partition coefficient (Wildman–Crippen LogP) is -4.46. The number of ether oxygens (including phenoxy) is 1. The third-order valence-electron chi connectivity index (χ3n) is 0.702. The first-order valence-corrected chi connectivity index (χ1v) is 1.89. The molecular formula is C3H8ClNO. The lowest BCUT2D eigenvalue weighted by Gasteiger charge is -1.73. The Morgan fingerprint density at radius 3 is 2.50 bits per heavy atom. The molecule has 2 N–H and O–H groups in total. The first kappa shape index (κ1) is 6.21. The van der Waals surface area contributed by atoms with Crippen LogP contribution in [0.25, 0.3) is 0 Å². The van der Waals surface area contributed by atoms with Gasteiger partial charge in [-0.1, -0.05) is 0 Å². The molecule has 0 amide bonds. The van der Waals surface area contributed by atoms with Gasteiger partial charge >= 0.3 is 0 Å². The van der Waals surface area contributed by atoms with Gasteiger partial charge in [-0.2, -0.15) is 0 Å². The topological polar surface area (TPSA) is 25.8 Å². The standard InChI is InChI=1S/C3H7NO.ClH/c1-2-5-3-4-1;/h4H,1-3H2;1H. The van der Waals surface area contributed by atoms with Crippen LogP contribution in [0.15, 0.2) is 0 Å². The number of quaternary nitrogens is 1. The zero-order chi connectivity index (χ0) is 3.54. The van der Waals surface area contributed by atoms with Crippen molar-refractivity contribution in [3.63, 3.8) is 0 Å². The van der Waals surface area contributed by atoms with E-state index in [0.717, 1.165) is 19.9 Å². The van der Waals surface area contributed by atoms with Crippen LogP contribution in [-0.4, -0.2) is 19.9 Å². The van der Waals surface area contributed by atoms with Crippen LogP contribution in [0.1, 0.15) is 0 Å². The molecule has 0 saturated carbocycles. The van der Waals surface area contributed by atoms with E-state index in [1.54, 1.807) is 0 Å². The summed E-state index contributed by atoms with van der Waals surface area (Å²) in [7, 11) is 0. The van der Waals surface area contributed by atoms with Crippen LogP contribution >= 0.6 is 0 Å². The Kier molecular flexibility index (Phi) is 3.52. The highest BCUT2D eigenvalue weighted by atomic mass is 35.5. The molecule has 0 unspecified atom stereocenters. The third-order valence-corrected chi connectivity index (χ3v) is 0.702. The Hall–Kier alpha value is 0.210. The summed E-state index contributed by atoms with van der Waals surface area (Å²) in [5.74, 6) is 0. The van der Waals surface area contributed by atoms with Crippen molar-refractivity contribution in [3.05, 3.63) is 0 Å². The molecule has 0 bridgehead atoms. The molecule has 1 heterocycles. The highest BCUT2D eigenvalue weighted by molar-refractivity contribution is 4.21. The average Bonchev–Trinajstić information content (AvgIpc) is 1.76. The van der Waals surface area contributed by atoms with E-state index >= 15 is 0 Å². The maximum Gasteiger partial charge on any atom is 0.180 e. The largest absolute Gasteiger partial charge is 1.00 e. The van der Waals surface area contributed by atoms with Gasteiger partial charge in [-0.3, -0.25) is 0 Å². The minimum atomic E-state index is 0. The zero-order valence-electron chi connectivity index (χ0n) is 3.48. The normalized spacial score (nSPS) is 20.0. The Bertz CT molecular complexity index is 22.4. The van der Waals surface area contributed by atoms with Gasteiger partial charge in [0, 0.05) is 0 Å². The van der Waals surface area contributed by atoms with Gasteiger partial charge in [-0.15, -0.1) is 0 Å². The first-order chi connectivity index (χ1) is 2.50. The molecule has 1 rings (SSSR count). The van der Waals surface area contributed by atoms with Gasteiger partial charge in [0.2, 0.25) is 0 Å². The lowest BCUT2D eigenvalue weighted by molar-refractivity contribution is -0.650. The quantitative estimate of drug-likeness (QED) is 0.334. The highest BCUT2D eigenvalue weighted by Crippen LogP contribution is 1.64. The van der Waals surface area contributed by atoms with Crippen molar-refractivity contribution in [2.24, 2.45) is 0 Å². The second kappa shape index (κ2) is 3.40. The summed E-state index contributed by atoms with van der Waals surface area (Å²) in [6, 6.07) is 0. The van der Waals surface area contributed by atoms with Crippen molar-refractivity contribution in [2.45, 2.75) is 0 Å². The summed E-state index contributed by atoms with van der Waals surface area (Å²) in [5, 5.41) is 2.14. The second-order valence-corrected chi connectivity index (χ2v) is 1.15. The number of halogens is 1. The molecule has 0 aliphatic carbocycles. The van der Waals surface area contributed by atoms with E-state index in [1.807, 2.05) is 0 Å². The molecule has 0 radical (unpaired) electrons. The van der Waals surface area contributed by atoms with E-state index in [2.05, 4.69) is 5.32 Å². The van der Waals surface area contributed by atoms with Crippen molar-refractivity contribution < 1.29 is 22.5 Å². The summed E-state index contributed by atoms with van der Waals surface area (Å²) in [5.41, 5.74) is 0. The molecule has 0 aromatic rings. The Morgan fingerprint density at radius 1 is 1.50 bits per heavy atom. The summed E-state index contributed by atoms with van der Waals surface area (Å²) < 4.78 is 4.89. The summed E-state index contributed by atoms with van der Waals surface area (Å²) in [6.45, 7) is 2.97. The van der Waals surface area contributed by atoms with Crippen LogP contribution in [0.4, 0.5) is 0 Å². The molecule has 1 saturated heterocycles. The number of hydrogen-bond donors (Lipinski definition) is 1. The van der Waals surface area contributed by atoms with Gasteiger partial charge < -0.3 is 22.5 Å². The molecule has 6 heavy (non-hydrogen) atoms. The number of nitrogens with two attached hydrogens (primary N) is 1. The summed E-state index contributed by atoms with van der Waals surface area (Å²) >= 11 is 0. The van der Waals surface area contributed by atoms with Crippen molar-refractivity contribution in [1.29, 1.82) is 0 Å². The lowest BCUT2D eigenvalue weighted by atomic mass is 10.7. The molecule has 0 spiro atoms. The van der Waals surface area contributed by atoms with Gasteiger partial charge in [-0.25, -0.2) is 0 Å². The monoisotopic (exact) mass is 109 g/mol. The van der Waals surface area contributed by atoms with Crippen LogP contribution in [0.5, 0.6) is 0 Å². The fourth-order valence-corrected chi connectivity index (χ4v) is 0.417. The van der Waals surface area contributed by atoms with Crippen LogP contribution in [0, 0.1) is 0 Å². The molecule has 0 aromatic heterocycles. The molecule has 3 heteroatoms. The highest BCUT2D eigenvalue weighted by Gasteiger charge is 1.96. The fraction of sp³-hybridized carbons (Fsp3) is 1.00. The smallest absolute Gasteiger partial charge is 0.180 e. The molecule has 2 nitrogen and oxygen atoms in total. The molecule has 1 fully saturated rings. The maximum atomic E-state index is 4.89. The van der Waals surface area contributed by atoms with Gasteiger partial charge in [-0.05, 0) is 0 Å². The maximum absolute atomic E-state index is 4.89. The van der Waals surface area contributed by atoms with Gasteiger partial charge in [0.25, 0.3) is 0 Å². The molecular weight excluding hydrogens is 101 g/mol. The number of hydrogen-bond acceptors (Lipinski definition) is 1. The van der Waals surface area contributed by atoms with E-state index in [1.165, 1.54) is 0 Å². The summed E-state index contributed by atoms with van der Waals surface area (Å²) in [4.78, 5) is 0. The van der Waals surface area contributed by atoms with Crippen LogP contribution in [0.3, 0.4) is 0 Å². The summed E-state index contributed by atoms with van der Waals surface area (Å²) in [6.07, 6.45) is 0. The van der Waals surface area contributed by atoms with Crippen molar-refractivity contribution >= 4 is 0 Å².